The lowest BCUT2D eigenvalue weighted by atomic mass is 10.1. The van der Waals surface area contributed by atoms with Crippen LogP contribution in [-0.2, 0) is 11.3 Å². The fourth-order valence-corrected chi connectivity index (χ4v) is 3.70. The summed E-state index contributed by atoms with van der Waals surface area (Å²) in [4.78, 5) is 17.0. The van der Waals surface area contributed by atoms with Gasteiger partial charge < -0.3 is 14.0 Å². The molecule has 0 amide bonds. The Bertz CT molecular complexity index is 1230. The van der Waals surface area contributed by atoms with Crippen LogP contribution in [0.15, 0.2) is 83.5 Å². The number of aromatic nitrogens is 2. The molecule has 32 heavy (non-hydrogen) atoms. The molecule has 0 atom stereocenters. The highest BCUT2D eigenvalue weighted by atomic mass is 79.9. The minimum Gasteiger partial charge on any atom is -0.488 e. The highest BCUT2D eigenvalue weighted by Gasteiger charge is 2.16. The molecule has 0 spiro atoms. The third kappa shape index (κ3) is 4.75. The van der Waals surface area contributed by atoms with Gasteiger partial charge in [-0.1, -0.05) is 46.3 Å². The van der Waals surface area contributed by atoms with Crippen molar-refractivity contribution in [1.29, 1.82) is 0 Å². The van der Waals surface area contributed by atoms with Crippen LogP contribution in [0, 0.1) is 6.92 Å². The Hall–Kier alpha value is -3.38. The lowest BCUT2D eigenvalue weighted by Gasteiger charge is -2.13. The zero-order chi connectivity index (χ0) is 22.5. The van der Waals surface area contributed by atoms with Crippen molar-refractivity contribution < 1.29 is 14.3 Å². The van der Waals surface area contributed by atoms with Crippen molar-refractivity contribution in [2.24, 2.45) is 0 Å². The number of rotatable bonds is 7. The summed E-state index contributed by atoms with van der Waals surface area (Å²) in [6.45, 7) is 4.49. The van der Waals surface area contributed by atoms with Gasteiger partial charge in [0.15, 0.2) is 0 Å². The third-order valence-electron chi connectivity index (χ3n) is 5.09. The maximum absolute atomic E-state index is 12.2. The molecule has 0 saturated heterocycles. The van der Waals surface area contributed by atoms with Crippen molar-refractivity contribution in [3.8, 4) is 22.8 Å². The predicted molar refractivity (Wildman–Crippen MR) is 128 cm³/mol. The molecule has 0 radical (unpaired) electrons. The molecule has 0 fully saturated rings. The van der Waals surface area contributed by atoms with Gasteiger partial charge in [0.05, 0.1) is 17.9 Å². The fraction of sp³-hybridized carbons (Fsp3) is 0.154. The summed E-state index contributed by atoms with van der Waals surface area (Å²) in [6, 6.07) is 23.5. The van der Waals surface area contributed by atoms with Gasteiger partial charge in [-0.05, 0) is 61.9 Å². The molecule has 0 aliphatic carbocycles. The molecule has 0 aliphatic rings. The quantitative estimate of drug-likeness (QED) is 0.282. The molecule has 0 saturated carbocycles. The largest absolute Gasteiger partial charge is 0.488 e. The van der Waals surface area contributed by atoms with Crippen LogP contribution in [0.25, 0.3) is 17.1 Å². The summed E-state index contributed by atoms with van der Waals surface area (Å²) in [7, 11) is 0. The minimum absolute atomic E-state index is 0.327. The molecule has 4 rings (SSSR count). The Labute approximate surface area is 195 Å². The predicted octanol–water partition coefficient (Wildman–Crippen LogP) is 6.37. The summed E-state index contributed by atoms with van der Waals surface area (Å²) in [6.07, 6.45) is 1.84. The monoisotopic (exact) mass is 490 g/mol. The number of pyridine rings is 1. The second-order valence-corrected chi connectivity index (χ2v) is 8.11. The number of carbonyl (C=O) groups is 1. The number of benzene rings is 2. The molecule has 2 aromatic carbocycles. The molecule has 2 aromatic heterocycles. The lowest BCUT2D eigenvalue weighted by molar-refractivity contribution is 0.0525. The number of para-hydroxylation sites is 1. The van der Waals surface area contributed by atoms with E-state index < -0.39 is 0 Å². The Morgan fingerprint density at radius 3 is 2.56 bits per heavy atom. The smallest absolute Gasteiger partial charge is 0.339 e. The standard InChI is InChI=1S/C26H23BrN2O3/c1-3-31-26(30)21-15-16-29(18(21)2)25-10-6-8-23(28-25)22-7-4-5-9-24(22)32-17-19-11-13-20(27)14-12-19/h4-16H,3,17H2,1-2H3. The van der Waals surface area contributed by atoms with Gasteiger partial charge in [-0.15, -0.1) is 0 Å². The Morgan fingerprint density at radius 1 is 1.00 bits per heavy atom. The van der Waals surface area contributed by atoms with Gasteiger partial charge in [0, 0.05) is 21.9 Å². The van der Waals surface area contributed by atoms with Gasteiger partial charge in [-0.2, -0.15) is 0 Å². The number of ether oxygens (including phenoxy) is 2. The van der Waals surface area contributed by atoms with Crippen molar-refractivity contribution in [3.63, 3.8) is 0 Å². The molecule has 2 heterocycles. The van der Waals surface area contributed by atoms with Gasteiger partial charge in [0.1, 0.15) is 18.2 Å². The van der Waals surface area contributed by atoms with Gasteiger partial charge in [-0.3, -0.25) is 0 Å². The van der Waals surface area contributed by atoms with E-state index in [0.717, 1.165) is 38.6 Å². The average molecular weight is 491 g/mol. The van der Waals surface area contributed by atoms with E-state index in [2.05, 4.69) is 15.9 Å². The molecule has 6 heteroatoms. The zero-order valence-corrected chi connectivity index (χ0v) is 19.5. The molecular formula is C26H23BrN2O3. The topological polar surface area (TPSA) is 53.4 Å². The van der Waals surface area contributed by atoms with Crippen molar-refractivity contribution in [2.75, 3.05) is 6.61 Å². The first kappa shape index (κ1) is 21.8. The van der Waals surface area contributed by atoms with E-state index in [-0.39, 0.29) is 5.97 Å². The van der Waals surface area contributed by atoms with E-state index in [4.69, 9.17) is 14.5 Å². The second kappa shape index (κ2) is 9.83. The highest BCUT2D eigenvalue weighted by Crippen LogP contribution is 2.30. The fourth-order valence-electron chi connectivity index (χ4n) is 3.44. The van der Waals surface area contributed by atoms with Gasteiger partial charge in [0.25, 0.3) is 0 Å². The number of hydrogen-bond donors (Lipinski definition) is 0. The van der Waals surface area contributed by atoms with Crippen molar-refractivity contribution in [1.82, 2.24) is 9.55 Å². The van der Waals surface area contributed by atoms with Gasteiger partial charge in [0.2, 0.25) is 0 Å². The van der Waals surface area contributed by atoms with Crippen LogP contribution in [0.3, 0.4) is 0 Å². The first-order valence-electron chi connectivity index (χ1n) is 10.4. The summed E-state index contributed by atoms with van der Waals surface area (Å²) in [5.74, 6) is 1.15. The van der Waals surface area contributed by atoms with E-state index in [1.165, 1.54) is 0 Å². The number of carbonyl (C=O) groups excluding carboxylic acids is 1. The molecule has 5 nitrogen and oxygen atoms in total. The van der Waals surface area contributed by atoms with E-state index in [1.54, 1.807) is 13.0 Å². The number of nitrogens with zero attached hydrogens (tertiary/aromatic N) is 2. The van der Waals surface area contributed by atoms with Crippen LogP contribution in [0.4, 0.5) is 0 Å². The normalized spacial score (nSPS) is 10.7. The maximum Gasteiger partial charge on any atom is 0.339 e. The second-order valence-electron chi connectivity index (χ2n) is 7.20. The van der Waals surface area contributed by atoms with Crippen molar-refractivity contribution in [3.05, 3.63) is 100 Å². The molecule has 0 unspecified atom stereocenters. The van der Waals surface area contributed by atoms with Crippen LogP contribution >= 0.6 is 15.9 Å². The first-order valence-corrected chi connectivity index (χ1v) is 11.1. The number of esters is 1. The van der Waals surface area contributed by atoms with Crippen LogP contribution < -0.4 is 4.74 Å². The van der Waals surface area contributed by atoms with Crippen molar-refractivity contribution >= 4 is 21.9 Å². The van der Waals surface area contributed by atoms with Crippen molar-refractivity contribution in [2.45, 2.75) is 20.5 Å². The first-order chi connectivity index (χ1) is 15.6. The Morgan fingerprint density at radius 2 is 1.78 bits per heavy atom. The number of halogens is 1. The molecule has 0 bridgehead atoms. The minimum atomic E-state index is -0.327. The summed E-state index contributed by atoms with van der Waals surface area (Å²) < 4.78 is 14.2. The molecule has 4 aromatic rings. The summed E-state index contributed by atoms with van der Waals surface area (Å²) >= 11 is 3.46. The Balaban J connectivity index is 1.62. The summed E-state index contributed by atoms with van der Waals surface area (Å²) in [5.41, 5.74) is 4.10. The van der Waals surface area contributed by atoms with Crippen LogP contribution in [0.2, 0.25) is 0 Å². The van der Waals surface area contributed by atoms with Crippen LogP contribution in [0.1, 0.15) is 28.5 Å². The zero-order valence-electron chi connectivity index (χ0n) is 17.9. The molecule has 0 aliphatic heterocycles. The molecule has 0 N–H and O–H groups in total. The average Bonchev–Trinajstić information content (AvgIpc) is 3.20. The number of hydrogen-bond acceptors (Lipinski definition) is 4. The van der Waals surface area contributed by atoms with Gasteiger partial charge in [-0.25, -0.2) is 9.78 Å². The molecule has 162 valence electrons. The Kier molecular flexibility index (Phi) is 6.71. The highest BCUT2D eigenvalue weighted by molar-refractivity contribution is 9.10. The third-order valence-corrected chi connectivity index (χ3v) is 5.62. The van der Waals surface area contributed by atoms with Crippen LogP contribution in [0.5, 0.6) is 5.75 Å². The lowest BCUT2D eigenvalue weighted by Crippen LogP contribution is -2.07. The van der Waals surface area contributed by atoms with Gasteiger partial charge >= 0.3 is 5.97 Å². The van der Waals surface area contributed by atoms with Crippen LogP contribution in [-0.4, -0.2) is 22.1 Å². The van der Waals surface area contributed by atoms with E-state index in [1.807, 2.05) is 84.4 Å². The maximum atomic E-state index is 12.2. The van der Waals surface area contributed by atoms with E-state index in [9.17, 15) is 4.79 Å². The molecular weight excluding hydrogens is 468 g/mol. The summed E-state index contributed by atoms with van der Waals surface area (Å²) in [5, 5.41) is 0. The van der Waals surface area contributed by atoms with E-state index >= 15 is 0 Å². The van der Waals surface area contributed by atoms with E-state index in [0.29, 0.717) is 18.8 Å². The SMILES string of the molecule is CCOC(=O)c1ccn(-c2cccc(-c3ccccc3OCc3ccc(Br)cc3)n2)c1C.